The third-order valence-electron chi connectivity index (χ3n) is 5.02. The third kappa shape index (κ3) is 11.8. The lowest BCUT2D eigenvalue weighted by molar-refractivity contribution is 0.291. The molecule has 0 radical (unpaired) electrons. The molecule has 0 saturated carbocycles. The van der Waals surface area contributed by atoms with Gasteiger partial charge < -0.3 is 0 Å². The van der Waals surface area contributed by atoms with E-state index in [1.165, 1.54) is 89.9 Å². The zero-order valence-corrected chi connectivity index (χ0v) is 15.1. The van der Waals surface area contributed by atoms with E-state index in [4.69, 9.17) is 0 Å². The Bertz CT molecular complexity index is 173. The molecule has 2 atom stereocenters. The normalized spacial score (nSPS) is 14.4. The van der Waals surface area contributed by atoms with Gasteiger partial charge in [-0.3, -0.25) is 0 Å². The minimum absolute atomic E-state index is 0.956. The van der Waals surface area contributed by atoms with Gasteiger partial charge in [-0.2, -0.15) is 0 Å². The first-order chi connectivity index (χ1) is 9.76. The van der Waals surface area contributed by atoms with Crippen LogP contribution < -0.4 is 0 Å². The predicted octanol–water partition coefficient (Wildman–Crippen LogP) is 7.76. The van der Waals surface area contributed by atoms with E-state index in [-0.39, 0.29) is 0 Å². The molecule has 20 heavy (non-hydrogen) atoms. The van der Waals surface area contributed by atoms with Crippen LogP contribution in [0.2, 0.25) is 0 Å². The summed E-state index contributed by atoms with van der Waals surface area (Å²) in [5.74, 6) is 1.95. The van der Waals surface area contributed by atoms with Crippen molar-refractivity contribution in [2.75, 3.05) is 0 Å². The van der Waals surface area contributed by atoms with E-state index in [1.54, 1.807) is 0 Å². The highest BCUT2D eigenvalue weighted by molar-refractivity contribution is 4.66. The van der Waals surface area contributed by atoms with Gasteiger partial charge in [0, 0.05) is 0 Å². The molecule has 0 aromatic rings. The molecule has 0 aliphatic carbocycles. The summed E-state index contributed by atoms with van der Waals surface area (Å²) >= 11 is 0. The first-order valence-corrected chi connectivity index (χ1v) is 9.76. The van der Waals surface area contributed by atoms with E-state index in [9.17, 15) is 0 Å². The lowest BCUT2D eigenvalue weighted by Crippen LogP contribution is -2.11. The maximum Gasteiger partial charge on any atom is -0.0391 e. The standard InChI is InChI=1S/C20H42/c1-5-8-10-12-14-15-17-19(4)20(7-3)18-16-13-11-9-6-2/h19-20H,5-18H2,1-4H3. The Hall–Kier alpha value is 0. The summed E-state index contributed by atoms with van der Waals surface area (Å²) in [6, 6.07) is 0. The van der Waals surface area contributed by atoms with Crippen LogP contribution in [0.3, 0.4) is 0 Å². The van der Waals surface area contributed by atoms with E-state index in [0.29, 0.717) is 0 Å². The minimum Gasteiger partial charge on any atom is -0.0654 e. The maximum atomic E-state index is 2.51. The Morgan fingerprint density at radius 2 is 1.00 bits per heavy atom. The minimum atomic E-state index is 0.956. The van der Waals surface area contributed by atoms with Crippen molar-refractivity contribution in [1.82, 2.24) is 0 Å². The highest BCUT2D eigenvalue weighted by Crippen LogP contribution is 2.27. The van der Waals surface area contributed by atoms with Gasteiger partial charge in [0.25, 0.3) is 0 Å². The van der Waals surface area contributed by atoms with Crippen LogP contribution in [0.5, 0.6) is 0 Å². The van der Waals surface area contributed by atoms with Crippen LogP contribution in [-0.4, -0.2) is 0 Å². The van der Waals surface area contributed by atoms with Crippen LogP contribution >= 0.6 is 0 Å². The molecule has 0 aliphatic heterocycles. The molecular weight excluding hydrogens is 240 g/mol. The van der Waals surface area contributed by atoms with Gasteiger partial charge in [-0.25, -0.2) is 0 Å². The van der Waals surface area contributed by atoms with Gasteiger partial charge in [0.1, 0.15) is 0 Å². The number of hydrogen-bond acceptors (Lipinski definition) is 0. The van der Waals surface area contributed by atoms with Gasteiger partial charge >= 0.3 is 0 Å². The van der Waals surface area contributed by atoms with Crippen molar-refractivity contribution in [3.05, 3.63) is 0 Å². The van der Waals surface area contributed by atoms with Gasteiger partial charge in [-0.15, -0.1) is 0 Å². The van der Waals surface area contributed by atoms with Crippen molar-refractivity contribution < 1.29 is 0 Å². The van der Waals surface area contributed by atoms with Gasteiger partial charge in [0.05, 0.1) is 0 Å². The highest BCUT2D eigenvalue weighted by atomic mass is 14.2. The molecular formula is C20H42. The molecule has 0 fully saturated rings. The van der Waals surface area contributed by atoms with Crippen molar-refractivity contribution in [2.24, 2.45) is 11.8 Å². The van der Waals surface area contributed by atoms with E-state index in [0.717, 1.165) is 11.8 Å². The summed E-state index contributed by atoms with van der Waals surface area (Å²) in [5, 5.41) is 0. The Morgan fingerprint density at radius 1 is 0.550 bits per heavy atom. The molecule has 0 spiro atoms. The third-order valence-corrected chi connectivity index (χ3v) is 5.02. The molecule has 0 aliphatic rings. The maximum absolute atomic E-state index is 2.51. The quantitative estimate of drug-likeness (QED) is 0.269. The van der Waals surface area contributed by atoms with E-state index in [1.807, 2.05) is 0 Å². The second kappa shape index (κ2) is 15.4. The number of hydrogen-bond donors (Lipinski definition) is 0. The average molecular weight is 283 g/mol. The lowest BCUT2D eigenvalue weighted by Gasteiger charge is -2.22. The topological polar surface area (TPSA) is 0 Å². The molecule has 0 aromatic carbocycles. The lowest BCUT2D eigenvalue weighted by atomic mass is 9.83. The summed E-state index contributed by atoms with van der Waals surface area (Å²) < 4.78 is 0. The van der Waals surface area contributed by atoms with Crippen molar-refractivity contribution in [2.45, 2.75) is 118 Å². The Kier molecular flexibility index (Phi) is 15.4. The molecule has 0 heteroatoms. The van der Waals surface area contributed by atoms with Gasteiger partial charge in [-0.1, -0.05) is 118 Å². The summed E-state index contributed by atoms with van der Waals surface area (Å²) in [6.45, 7) is 9.51. The van der Waals surface area contributed by atoms with Crippen LogP contribution in [-0.2, 0) is 0 Å². The van der Waals surface area contributed by atoms with Crippen LogP contribution in [0.15, 0.2) is 0 Å². The van der Waals surface area contributed by atoms with Crippen molar-refractivity contribution in [3.8, 4) is 0 Å². The fourth-order valence-electron chi connectivity index (χ4n) is 3.38. The smallest absolute Gasteiger partial charge is 0.0391 e. The largest absolute Gasteiger partial charge is 0.0654 e. The van der Waals surface area contributed by atoms with Crippen molar-refractivity contribution in [3.63, 3.8) is 0 Å². The Labute approximate surface area is 130 Å². The fourth-order valence-corrected chi connectivity index (χ4v) is 3.38. The zero-order chi connectivity index (χ0) is 15.1. The van der Waals surface area contributed by atoms with Crippen LogP contribution in [0, 0.1) is 11.8 Å². The van der Waals surface area contributed by atoms with E-state index < -0.39 is 0 Å². The molecule has 0 nitrogen and oxygen atoms in total. The second-order valence-electron chi connectivity index (χ2n) is 6.90. The Morgan fingerprint density at radius 3 is 1.50 bits per heavy atom. The van der Waals surface area contributed by atoms with E-state index >= 15 is 0 Å². The first kappa shape index (κ1) is 20.0. The molecule has 0 aromatic heterocycles. The summed E-state index contributed by atoms with van der Waals surface area (Å²) in [6.07, 6.45) is 20.2. The molecule has 122 valence electrons. The number of unbranched alkanes of at least 4 members (excludes halogenated alkanes) is 9. The monoisotopic (exact) mass is 282 g/mol. The van der Waals surface area contributed by atoms with Crippen LogP contribution in [0.25, 0.3) is 0 Å². The molecule has 0 rings (SSSR count). The Balaban J connectivity index is 3.55. The van der Waals surface area contributed by atoms with Gasteiger partial charge in [0.15, 0.2) is 0 Å². The predicted molar refractivity (Wildman–Crippen MR) is 94.3 cm³/mol. The molecule has 0 saturated heterocycles. The molecule has 0 bridgehead atoms. The van der Waals surface area contributed by atoms with Gasteiger partial charge in [-0.05, 0) is 11.8 Å². The van der Waals surface area contributed by atoms with Crippen LogP contribution in [0.4, 0.5) is 0 Å². The van der Waals surface area contributed by atoms with Crippen molar-refractivity contribution in [1.29, 1.82) is 0 Å². The van der Waals surface area contributed by atoms with Crippen molar-refractivity contribution >= 4 is 0 Å². The van der Waals surface area contributed by atoms with E-state index in [2.05, 4.69) is 27.7 Å². The molecule has 0 N–H and O–H groups in total. The first-order valence-electron chi connectivity index (χ1n) is 9.76. The SMILES string of the molecule is CCCCCCCCC(C)C(CC)CCCCCCC. The van der Waals surface area contributed by atoms with Crippen LogP contribution in [0.1, 0.15) is 118 Å². The summed E-state index contributed by atoms with van der Waals surface area (Å²) in [4.78, 5) is 0. The second-order valence-corrected chi connectivity index (χ2v) is 6.90. The van der Waals surface area contributed by atoms with Gasteiger partial charge in [0.2, 0.25) is 0 Å². The molecule has 0 amide bonds. The summed E-state index contributed by atoms with van der Waals surface area (Å²) in [7, 11) is 0. The highest BCUT2D eigenvalue weighted by Gasteiger charge is 2.14. The molecule has 2 unspecified atom stereocenters. The fraction of sp³-hybridized carbons (Fsp3) is 1.00. The summed E-state index contributed by atoms with van der Waals surface area (Å²) in [5.41, 5.74) is 0. The average Bonchev–Trinajstić information content (AvgIpc) is 2.46. The zero-order valence-electron chi connectivity index (χ0n) is 15.1. The number of rotatable bonds is 15. The molecule has 0 heterocycles.